The third-order valence-corrected chi connectivity index (χ3v) is 14.0. The van der Waals surface area contributed by atoms with E-state index in [1.807, 2.05) is 47.0 Å². The third-order valence-electron chi connectivity index (χ3n) is 14.0. The second kappa shape index (κ2) is 15.8. The summed E-state index contributed by atoms with van der Waals surface area (Å²) in [7, 11) is 0. The van der Waals surface area contributed by atoms with Crippen LogP contribution in [0, 0.1) is 17.8 Å². The molecular weight excluding hydrogens is 727 g/mol. The number of nitrogens with one attached hydrogen (secondary N) is 3. The molecule has 0 spiro atoms. The number of aromatic nitrogens is 2. The second-order valence-electron chi connectivity index (χ2n) is 18.0. The van der Waals surface area contributed by atoms with Crippen molar-refractivity contribution in [3.8, 4) is 11.1 Å². The number of aliphatic hydroxyl groups is 1. The number of nitrogens with zero attached hydrogens (tertiary/aromatic N) is 2. The van der Waals surface area contributed by atoms with Crippen molar-refractivity contribution in [2.45, 2.75) is 101 Å². The van der Waals surface area contributed by atoms with Gasteiger partial charge in [-0.05, 0) is 109 Å². The van der Waals surface area contributed by atoms with Gasteiger partial charge in [-0.1, -0.05) is 84.9 Å². The lowest BCUT2D eigenvalue weighted by molar-refractivity contribution is -0.253. The van der Waals surface area contributed by atoms with Gasteiger partial charge in [0.15, 0.2) is 6.29 Å². The average molecular weight is 782 g/mol. The highest BCUT2D eigenvalue weighted by Crippen LogP contribution is 2.55. The van der Waals surface area contributed by atoms with E-state index in [-0.39, 0.29) is 42.1 Å². The first-order valence-corrected chi connectivity index (χ1v) is 21.5. The lowest BCUT2D eigenvalue weighted by Gasteiger charge is -2.56. The van der Waals surface area contributed by atoms with Crippen LogP contribution in [0.4, 0.5) is 4.79 Å². The van der Waals surface area contributed by atoms with Gasteiger partial charge in [0, 0.05) is 49.7 Å². The molecule has 5 aromatic rings. The van der Waals surface area contributed by atoms with Gasteiger partial charge in [0.2, 0.25) is 0 Å². The lowest BCUT2D eigenvalue weighted by Crippen LogP contribution is -2.61. The van der Waals surface area contributed by atoms with Crippen LogP contribution in [0.5, 0.6) is 0 Å². The van der Waals surface area contributed by atoms with Crippen LogP contribution < -0.4 is 16.3 Å². The molecule has 0 radical (unpaired) electrons. The van der Waals surface area contributed by atoms with Crippen molar-refractivity contribution >= 4 is 17.1 Å². The Bertz CT molecular complexity index is 2260. The van der Waals surface area contributed by atoms with E-state index >= 15 is 0 Å². The molecule has 4 aliphatic carbocycles. The van der Waals surface area contributed by atoms with Crippen molar-refractivity contribution in [3.05, 3.63) is 130 Å². The fourth-order valence-electron chi connectivity index (χ4n) is 11.6. The number of para-hydroxylation sites is 2. The van der Waals surface area contributed by atoms with Gasteiger partial charge in [-0.2, -0.15) is 0 Å². The van der Waals surface area contributed by atoms with Crippen LogP contribution in [0.15, 0.2) is 102 Å². The molecule has 4 N–H and O–H groups in total. The summed E-state index contributed by atoms with van der Waals surface area (Å²) in [4.78, 5) is 31.7. The molecule has 11 rings (SSSR count). The molecule has 58 heavy (non-hydrogen) atoms. The first-order chi connectivity index (χ1) is 28.4. The van der Waals surface area contributed by atoms with Crippen molar-refractivity contribution in [1.29, 1.82) is 0 Å². The predicted octanol–water partition coefficient (Wildman–Crippen LogP) is 8.14. The number of fused-ring (bicyclic) bond motifs is 1. The van der Waals surface area contributed by atoms with Gasteiger partial charge in [-0.15, -0.1) is 0 Å². The molecule has 3 atom stereocenters. The lowest BCUT2D eigenvalue weighted by atomic mass is 9.53. The summed E-state index contributed by atoms with van der Waals surface area (Å²) in [5.74, 6) is 2.34. The molecule has 1 aromatic heterocycles. The molecule has 10 heteroatoms. The third kappa shape index (κ3) is 7.63. The van der Waals surface area contributed by atoms with Crippen molar-refractivity contribution in [2.24, 2.45) is 17.8 Å². The smallest absolute Gasteiger partial charge is 0.326 e. The van der Waals surface area contributed by atoms with E-state index in [4.69, 9.17) is 9.47 Å². The van der Waals surface area contributed by atoms with E-state index in [1.54, 1.807) is 0 Å². The molecule has 6 aliphatic rings. The molecule has 4 saturated carbocycles. The summed E-state index contributed by atoms with van der Waals surface area (Å²) < 4.78 is 15.4. The minimum absolute atomic E-state index is 0.00136. The van der Waals surface area contributed by atoms with Crippen molar-refractivity contribution in [1.82, 2.24) is 25.1 Å². The van der Waals surface area contributed by atoms with Crippen LogP contribution >= 0.6 is 0 Å². The number of H-pyrrole nitrogens is 1. The van der Waals surface area contributed by atoms with Gasteiger partial charge >= 0.3 is 11.7 Å². The maximum Gasteiger partial charge on any atom is 0.326 e. The number of likely N-dealkylation sites (tertiary alicyclic amines) is 1. The molecule has 2 amide bonds. The molecule has 2 saturated heterocycles. The maximum absolute atomic E-state index is 13.3. The standard InChI is InChI=1S/C48H55N5O5/c54-30-31-9-11-36(12-10-31)44-24-40(29-52-19-17-39(18-20-52)53-43-8-4-3-7-42(43)50-47(53)56)57-45(58-44)37-15-13-35(14-16-37)41-6-2-1-5-38(41)28-49-46(55)51-48-25-32-21-33(26-48)23-34(22-32)27-48/h1-16,32-34,39-40,44-45,54H,17-30H2,(H,50,56)(H2,49,51,55). The normalized spacial score (nSPS) is 28.5. The zero-order valence-corrected chi connectivity index (χ0v) is 33.2. The van der Waals surface area contributed by atoms with Crippen LogP contribution in [0.3, 0.4) is 0 Å². The number of urea groups is 1. The van der Waals surface area contributed by atoms with Gasteiger partial charge in [0.05, 0.1) is 29.8 Å². The Morgan fingerprint density at radius 2 is 1.47 bits per heavy atom. The van der Waals surface area contributed by atoms with Crippen molar-refractivity contribution in [3.63, 3.8) is 0 Å². The van der Waals surface area contributed by atoms with Gasteiger partial charge in [-0.3, -0.25) is 4.57 Å². The SMILES string of the molecule is O=C(NCc1ccccc1-c1ccc(C2OC(CN3CCC(n4c(=O)[nH]c5ccccc54)CC3)CC(c3ccc(CO)cc3)O2)cc1)NC12CC3CC(CC(C3)C1)C2. The fourth-order valence-corrected chi connectivity index (χ4v) is 11.6. The van der Waals surface area contributed by atoms with Gasteiger partial charge in [0.25, 0.3) is 0 Å². The van der Waals surface area contributed by atoms with E-state index in [1.165, 1.54) is 19.3 Å². The summed E-state index contributed by atoms with van der Waals surface area (Å²) in [5.41, 5.74) is 7.93. The van der Waals surface area contributed by atoms with Gasteiger partial charge < -0.3 is 35.1 Å². The topological polar surface area (TPSA) is 121 Å². The number of piperidine rings is 1. The van der Waals surface area contributed by atoms with E-state index < -0.39 is 6.29 Å². The Labute approximate surface area is 339 Å². The highest BCUT2D eigenvalue weighted by molar-refractivity contribution is 5.76. The van der Waals surface area contributed by atoms with E-state index in [0.29, 0.717) is 13.0 Å². The quantitative estimate of drug-likeness (QED) is 0.114. The monoisotopic (exact) mass is 781 g/mol. The fraction of sp³-hybridized carbons (Fsp3) is 0.458. The molecule has 6 fully saturated rings. The number of carbonyl (C=O) groups is 1. The zero-order valence-electron chi connectivity index (χ0n) is 33.2. The number of hydrogen-bond donors (Lipinski definition) is 4. The highest BCUT2D eigenvalue weighted by Gasteiger charge is 2.51. The number of carbonyl (C=O) groups excluding carboxylic acids is 1. The van der Waals surface area contributed by atoms with Crippen LogP contribution in [0.25, 0.3) is 22.2 Å². The number of amides is 2. The number of hydrogen-bond acceptors (Lipinski definition) is 6. The van der Waals surface area contributed by atoms with Crippen molar-refractivity contribution in [2.75, 3.05) is 19.6 Å². The molecule has 3 heterocycles. The average Bonchev–Trinajstić information content (AvgIpc) is 3.58. The Balaban J connectivity index is 0.813. The molecule has 4 aromatic carbocycles. The number of rotatable bonds is 10. The van der Waals surface area contributed by atoms with Crippen LogP contribution in [0.1, 0.15) is 98.5 Å². The molecular formula is C48H55N5O5. The molecule has 302 valence electrons. The Morgan fingerprint density at radius 3 is 2.19 bits per heavy atom. The second-order valence-corrected chi connectivity index (χ2v) is 18.0. The largest absolute Gasteiger partial charge is 0.392 e. The van der Waals surface area contributed by atoms with Gasteiger partial charge in [-0.25, -0.2) is 9.59 Å². The summed E-state index contributed by atoms with van der Waals surface area (Å²) in [6.07, 6.45) is 9.18. The molecule has 10 nitrogen and oxygen atoms in total. The summed E-state index contributed by atoms with van der Waals surface area (Å²) >= 11 is 0. The Hall–Kier alpha value is -4.74. The summed E-state index contributed by atoms with van der Waals surface area (Å²) in [6, 6.07) is 32.8. The van der Waals surface area contributed by atoms with E-state index in [9.17, 15) is 14.7 Å². The minimum Gasteiger partial charge on any atom is -0.392 e. The number of ether oxygens (including phenoxy) is 2. The summed E-state index contributed by atoms with van der Waals surface area (Å²) in [5, 5.41) is 16.3. The Kier molecular flexibility index (Phi) is 10.2. The molecule has 3 unspecified atom stereocenters. The number of imidazole rings is 1. The maximum atomic E-state index is 13.3. The van der Waals surface area contributed by atoms with Crippen LogP contribution in [-0.4, -0.2) is 56.9 Å². The number of aliphatic hydroxyl groups excluding tert-OH is 1. The zero-order chi connectivity index (χ0) is 39.2. The number of benzene rings is 4. The number of aromatic amines is 1. The minimum atomic E-state index is -0.553. The Morgan fingerprint density at radius 1 is 0.793 bits per heavy atom. The molecule has 2 aliphatic heterocycles. The van der Waals surface area contributed by atoms with Crippen LogP contribution in [-0.2, 0) is 22.6 Å². The van der Waals surface area contributed by atoms with Crippen molar-refractivity contribution < 1.29 is 19.4 Å². The molecule has 4 bridgehead atoms. The highest BCUT2D eigenvalue weighted by atomic mass is 16.7. The van der Waals surface area contributed by atoms with Crippen LogP contribution in [0.2, 0.25) is 0 Å². The van der Waals surface area contributed by atoms with Gasteiger partial charge in [0.1, 0.15) is 0 Å². The van der Waals surface area contributed by atoms with E-state index in [2.05, 4.69) is 75.1 Å². The first-order valence-electron chi connectivity index (χ1n) is 21.5. The summed E-state index contributed by atoms with van der Waals surface area (Å²) in [6.45, 7) is 2.99. The van der Waals surface area contributed by atoms with E-state index in [0.717, 1.165) is 114 Å². The predicted molar refractivity (Wildman–Crippen MR) is 224 cm³/mol. The first kappa shape index (κ1) is 37.5.